The van der Waals surface area contributed by atoms with Crippen LogP contribution in [0, 0.1) is 18.7 Å². The second-order valence-electron chi connectivity index (χ2n) is 10.7. The zero-order valence-electron chi connectivity index (χ0n) is 22.3. The van der Waals surface area contributed by atoms with E-state index in [2.05, 4.69) is 71.8 Å². The SMILES string of the molecule is CC(=O)CN1CCc2sccc2C1c1ccccc1C.Fc1ccccc1CCC1Cc2ccccc2C1. The first-order valence-corrected chi connectivity index (χ1v) is 14.5. The maximum Gasteiger partial charge on any atom is 0.143 e. The van der Waals surface area contributed by atoms with Crippen molar-refractivity contribution in [3.05, 3.63) is 128 Å². The molecule has 38 heavy (non-hydrogen) atoms. The minimum Gasteiger partial charge on any atom is -0.299 e. The van der Waals surface area contributed by atoms with Crippen LogP contribution in [0.1, 0.15) is 57.6 Å². The van der Waals surface area contributed by atoms with Crippen molar-refractivity contribution >= 4 is 17.1 Å². The normalized spacial score (nSPS) is 16.9. The maximum atomic E-state index is 13.5. The third-order valence-corrected chi connectivity index (χ3v) is 8.89. The molecule has 0 radical (unpaired) electrons. The van der Waals surface area contributed by atoms with Gasteiger partial charge in [0.2, 0.25) is 0 Å². The third-order valence-electron chi connectivity index (χ3n) is 7.89. The van der Waals surface area contributed by atoms with Gasteiger partial charge in [-0.25, -0.2) is 4.39 Å². The van der Waals surface area contributed by atoms with Crippen molar-refractivity contribution in [2.75, 3.05) is 13.1 Å². The summed E-state index contributed by atoms with van der Waals surface area (Å²) in [6.45, 7) is 5.33. The number of fused-ring (bicyclic) bond motifs is 2. The highest BCUT2D eigenvalue weighted by atomic mass is 32.1. The van der Waals surface area contributed by atoms with Crippen LogP contribution < -0.4 is 0 Å². The monoisotopic (exact) mass is 525 g/mol. The fourth-order valence-electron chi connectivity index (χ4n) is 6.00. The Balaban J connectivity index is 0.000000156. The lowest BCUT2D eigenvalue weighted by atomic mass is 9.90. The number of benzene rings is 3. The van der Waals surface area contributed by atoms with E-state index in [4.69, 9.17) is 0 Å². The van der Waals surface area contributed by atoms with E-state index in [9.17, 15) is 9.18 Å². The number of hydrogen-bond donors (Lipinski definition) is 0. The van der Waals surface area contributed by atoms with Gasteiger partial charge >= 0.3 is 0 Å². The lowest BCUT2D eigenvalue weighted by Gasteiger charge is -2.36. The van der Waals surface area contributed by atoms with Gasteiger partial charge in [0.25, 0.3) is 0 Å². The summed E-state index contributed by atoms with van der Waals surface area (Å²) in [6.07, 6.45) is 5.30. The molecule has 2 nitrogen and oxygen atoms in total. The van der Waals surface area contributed by atoms with Crippen LogP contribution in [0.5, 0.6) is 0 Å². The summed E-state index contributed by atoms with van der Waals surface area (Å²) in [5.41, 5.74) is 7.83. The second-order valence-corrected chi connectivity index (χ2v) is 11.7. The Morgan fingerprint density at radius 1 is 0.921 bits per heavy atom. The number of carbonyl (C=O) groups is 1. The van der Waals surface area contributed by atoms with Gasteiger partial charge in [0.1, 0.15) is 11.6 Å². The van der Waals surface area contributed by atoms with Crippen LogP contribution in [0.3, 0.4) is 0 Å². The van der Waals surface area contributed by atoms with Gasteiger partial charge in [-0.2, -0.15) is 0 Å². The lowest BCUT2D eigenvalue weighted by Crippen LogP contribution is -2.38. The predicted molar refractivity (Wildman–Crippen MR) is 155 cm³/mol. The zero-order valence-corrected chi connectivity index (χ0v) is 23.1. The number of aryl methyl sites for hydroxylation is 2. The Morgan fingerprint density at radius 3 is 2.32 bits per heavy atom. The van der Waals surface area contributed by atoms with Crippen LogP contribution in [0.15, 0.2) is 84.2 Å². The second kappa shape index (κ2) is 12.2. The molecule has 0 saturated carbocycles. The first-order chi connectivity index (χ1) is 18.5. The Labute approximate surface area is 230 Å². The van der Waals surface area contributed by atoms with Crippen molar-refractivity contribution in [2.45, 2.75) is 52.0 Å². The number of ketones is 1. The number of carbonyl (C=O) groups excluding carboxylic acids is 1. The van der Waals surface area contributed by atoms with E-state index >= 15 is 0 Å². The quantitative estimate of drug-likeness (QED) is 0.256. The minimum atomic E-state index is -0.0620. The van der Waals surface area contributed by atoms with E-state index in [0.29, 0.717) is 12.5 Å². The Morgan fingerprint density at radius 2 is 1.61 bits per heavy atom. The van der Waals surface area contributed by atoms with Crippen LogP contribution in [0.25, 0.3) is 0 Å². The molecular formula is C34H36FNOS. The summed E-state index contributed by atoms with van der Waals surface area (Å²) >= 11 is 1.84. The van der Waals surface area contributed by atoms with Crippen molar-refractivity contribution < 1.29 is 9.18 Å². The van der Waals surface area contributed by atoms with Gasteiger partial charge < -0.3 is 0 Å². The van der Waals surface area contributed by atoms with Gasteiger partial charge in [0.05, 0.1) is 12.6 Å². The molecular weight excluding hydrogens is 489 g/mol. The van der Waals surface area contributed by atoms with E-state index in [-0.39, 0.29) is 17.6 Å². The molecule has 0 fully saturated rings. The maximum absolute atomic E-state index is 13.5. The van der Waals surface area contributed by atoms with E-state index in [0.717, 1.165) is 44.2 Å². The van der Waals surface area contributed by atoms with Crippen LogP contribution in [0.4, 0.5) is 4.39 Å². The molecule has 1 unspecified atom stereocenters. The van der Waals surface area contributed by atoms with Crippen molar-refractivity contribution in [3.63, 3.8) is 0 Å². The average Bonchev–Trinajstić information content (AvgIpc) is 3.56. The molecule has 196 valence electrons. The van der Waals surface area contributed by atoms with E-state index in [1.807, 2.05) is 23.5 Å². The topological polar surface area (TPSA) is 20.3 Å². The van der Waals surface area contributed by atoms with Gasteiger partial charge in [-0.05, 0) is 103 Å². The van der Waals surface area contributed by atoms with Crippen molar-refractivity contribution in [1.29, 1.82) is 0 Å². The number of hydrogen-bond acceptors (Lipinski definition) is 3. The molecule has 4 heteroatoms. The van der Waals surface area contributed by atoms with E-state index < -0.39 is 0 Å². The number of halogens is 1. The zero-order chi connectivity index (χ0) is 26.5. The first-order valence-electron chi connectivity index (χ1n) is 13.6. The largest absolute Gasteiger partial charge is 0.299 e. The van der Waals surface area contributed by atoms with Crippen molar-refractivity contribution in [2.24, 2.45) is 5.92 Å². The summed E-state index contributed by atoms with van der Waals surface area (Å²) in [5.74, 6) is 0.859. The highest BCUT2D eigenvalue weighted by Gasteiger charge is 2.30. The number of Topliss-reactive ketones (excluding diaryl/α,β-unsaturated/α-hetero) is 1. The molecule has 2 heterocycles. The molecule has 3 aromatic carbocycles. The molecule has 4 aromatic rings. The molecule has 1 aliphatic heterocycles. The number of nitrogens with zero attached hydrogens (tertiary/aromatic N) is 1. The Hall–Kier alpha value is -3.08. The smallest absolute Gasteiger partial charge is 0.143 e. The summed E-state index contributed by atoms with van der Waals surface area (Å²) in [5, 5.41) is 2.17. The number of thiophene rings is 1. The van der Waals surface area contributed by atoms with Crippen LogP contribution in [-0.2, 0) is 30.5 Å². The minimum absolute atomic E-state index is 0.0620. The molecule has 0 N–H and O–H groups in total. The lowest BCUT2D eigenvalue weighted by molar-refractivity contribution is -0.118. The number of rotatable bonds is 6. The summed E-state index contributed by atoms with van der Waals surface area (Å²) in [4.78, 5) is 15.4. The fourth-order valence-corrected chi connectivity index (χ4v) is 6.90. The Bertz CT molecular complexity index is 1370. The molecule has 1 aliphatic carbocycles. The average molecular weight is 526 g/mol. The predicted octanol–water partition coefficient (Wildman–Crippen LogP) is 7.77. The molecule has 0 spiro atoms. The van der Waals surface area contributed by atoms with Crippen molar-refractivity contribution in [3.8, 4) is 0 Å². The van der Waals surface area contributed by atoms with Gasteiger partial charge in [-0.3, -0.25) is 9.69 Å². The molecule has 0 bridgehead atoms. The van der Waals surface area contributed by atoms with Crippen LogP contribution >= 0.6 is 11.3 Å². The third kappa shape index (κ3) is 6.14. The van der Waals surface area contributed by atoms with E-state index in [1.54, 1.807) is 19.1 Å². The first kappa shape index (κ1) is 26.5. The molecule has 2 aliphatic rings. The van der Waals surface area contributed by atoms with E-state index in [1.165, 1.54) is 32.7 Å². The highest BCUT2D eigenvalue weighted by molar-refractivity contribution is 7.10. The van der Waals surface area contributed by atoms with Gasteiger partial charge in [-0.15, -0.1) is 11.3 Å². The van der Waals surface area contributed by atoms with Crippen LogP contribution in [0.2, 0.25) is 0 Å². The van der Waals surface area contributed by atoms with Gasteiger partial charge in [0.15, 0.2) is 0 Å². The summed E-state index contributed by atoms with van der Waals surface area (Å²) in [6, 6.07) is 26.8. The fraction of sp³-hybridized carbons (Fsp3) is 0.324. The van der Waals surface area contributed by atoms with Crippen LogP contribution in [-0.4, -0.2) is 23.8 Å². The summed E-state index contributed by atoms with van der Waals surface area (Å²) < 4.78 is 13.5. The van der Waals surface area contributed by atoms with Gasteiger partial charge in [0, 0.05) is 11.4 Å². The van der Waals surface area contributed by atoms with Gasteiger partial charge in [-0.1, -0.05) is 66.7 Å². The standard InChI is InChI=1S/C17H17F.C17H19NOS/c18-17-8-4-3-5-14(17)10-9-13-11-15-6-1-2-7-16(15)12-13;1-12-5-3-4-6-14(12)17-15-8-10-20-16(15)7-9-18(17)11-13(2)19/h1-8,13H,9-12H2;3-6,8,10,17H,7,9,11H2,1-2H3. The molecule has 1 aromatic heterocycles. The molecule has 0 amide bonds. The Kier molecular flexibility index (Phi) is 8.51. The van der Waals surface area contributed by atoms with Crippen molar-refractivity contribution in [1.82, 2.24) is 4.90 Å². The molecule has 0 saturated heterocycles. The highest BCUT2D eigenvalue weighted by Crippen LogP contribution is 2.38. The summed E-state index contributed by atoms with van der Waals surface area (Å²) in [7, 11) is 0. The molecule has 1 atom stereocenters. The molecule has 6 rings (SSSR count).